The first-order chi connectivity index (χ1) is 11.3. The molecule has 23 heavy (non-hydrogen) atoms. The lowest BCUT2D eigenvalue weighted by Crippen LogP contribution is -2.44. The standard InChI is InChI=1S/C17H24N2O4/c20-16-3-1-7-18(16)8-2-9-19(15-5-11-22-12-6-15)17(21)14-4-10-23-13-14/h4,10,13,15H,1-3,5-9,11-12H2. The molecule has 0 unspecified atom stereocenters. The van der Waals surface area contributed by atoms with Crippen LogP contribution >= 0.6 is 0 Å². The average molecular weight is 320 g/mol. The smallest absolute Gasteiger partial charge is 0.257 e. The molecular weight excluding hydrogens is 296 g/mol. The third-order valence-electron chi connectivity index (χ3n) is 4.66. The Morgan fingerprint density at radius 2 is 2.17 bits per heavy atom. The molecule has 0 bridgehead atoms. The minimum absolute atomic E-state index is 0.0124. The second-order valence-corrected chi connectivity index (χ2v) is 6.19. The summed E-state index contributed by atoms with van der Waals surface area (Å²) in [6.07, 6.45) is 7.19. The van der Waals surface area contributed by atoms with Gasteiger partial charge in [0.25, 0.3) is 5.91 Å². The van der Waals surface area contributed by atoms with E-state index in [1.54, 1.807) is 6.07 Å². The molecule has 0 aromatic carbocycles. The van der Waals surface area contributed by atoms with Crippen LogP contribution in [0.5, 0.6) is 0 Å². The second kappa shape index (κ2) is 7.64. The fourth-order valence-electron chi connectivity index (χ4n) is 3.37. The van der Waals surface area contributed by atoms with Gasteiger partial charge in [0.2, 0.25) is 5.91 Å². The predicted molar refractivity (Wildman–Crippen MR) is 84.0 cm³/mol. The number of furan rings is 1. The van der Waals surface area contributed by atoms with E-state index < -0.39 is 0 Å². The van der Waals surface area contributed by atoms with Crippen LogP contribution < -0.4 is 0 Å². The van der Waals surface area contributed by atoms with Gasteiger partial charge < -0.3 is 19.0 Å². The van der Waals surface area contributed by atoms with E-state index in [0.29, 0.717) is 31.7 Å². The Morgan fingerprint density at radius 1 is 1.35 bits per heavy atom. The average Bonchev–Trinajstić information content (AvgIpc) is 3.24. The third-order valence-corrected chi connectivity index (χ3v) is 4.66. The highest BCUT2D eigenvalue weighted by atomic mass is 16.5. The first-order valence-electron chi connectivity index (χ1n) is 8.44. The Labute approximate surface area is 136 Å². The fourth-order valence-corrected chi connectivity index (χ4v) is 3.37. The molecule has 2 fully saturated rings. The van der Waals surface area contributed by atoms with Gasteiger partial charge in [-0.3, -0.25) is 9.59 Å². The van der Waals surface area contributed by atoms with Gasteiger partial charge in [-0.25, -0.2) is 0 Å². The first-order valence-corrected chi connectivity index (χ1v) is 8.44. The van der Waals surface area contributed by atoms with Crippen molar-refractivity contribution in [3.8, 4) is 0 Å². The second-order valence-electron chi connectivity index (χ2n) is 6.19. The van der Waals surface area contributed by atoms with Crippen LogP contribution in [0.1, 0.15) is 42.5 Å². The minimum Gasteiger partial charge on any atom is -0.472 e. The van der Waals surface area contributed by atoms with Crippen molar-refractivity contribution in [3.63, 3.8) is 0 Å². The number of likely N-dealkylation sites (tertiary alicyclic amines) is 1. The normalized spacial score (nSPS) is 19.3. The van der Waals surface area contributed by atoms with E-state index in [-0.39, 0.29) is 17.9 Å². The molecule has 1 aromatic heterocycles. The van der Waals surface area contributed by atoms with Gasteiger partial charge in [0.15, 0.2) is 0 Å². The Hall–Kier alpha value is -1.82. The molecule has 0 aliphatic carbocycles. The molecule has 0 radical (unpaired) electrons. The van der Waals surface area contributed by atoms with Gasteiger partial charge >= 0.3 is 0 Å². The summed E-state index contributed by atoms with van der Waals surface area (Å²) in [6.45, 7) is 3.65. The van der Waals surface area contributed by atoms with Crippen molar-refractivity contribution in [2.75, 3.05) is 32.8 Å². The van der Waals surface area contributed by atoms with Crippen molar-refractivity contribution in [3.05, 3.63) is 24.2 Å². The van der Waals surface area contributed by atoms with Crippen LogP contribution in [0.15, 0.2) is 23.0 Å². The number of ether oxygens (including phenoxy) is 1. The highest BCUT2D eigenvalue weighted by Gasteiger charge is 2.27. The topological polar surface area (TPSA) is 63.0 Å². The molecule has 6 heteroatoms. The maximum Gasteiger partial charge on any atom is 0.257 e. The van der Waals surface area contributed by atoms with E-state index in [0.717, 1.165) is 38.8 Å². The van der Waals surface area contributed by atoms with Crippen molar-refractivity contribution in [1.29, 1.82) is 0 Å². The molecule has 2 aliphatic rings. The maximum atomic E-state index is 12.7. The van der Waals surface area contributed by atoms with Crippen LogP contribution in [0.4, 0.5) is 0 Å². The van der Waals surface area contributed by atoms with Crippen LogP contribution in [0.25, 0.3) is 0 Å². The van der Waals surface area contributed by atoms with Crippen LogP contribution in [-0.4, -0.2) is 60.5 Å². The Balaban J connectivity index is 1.60. The molecule has 3 heterocycles. The lowest BCUT2D eigenvalue weighted by molar-refractivity contribution is -0.127. The van der Waals surface area contributed by atoms with E-state index in [1.807, 2.05) is 9.80 Å². The number of rotatable bonds is 6. The van der Waals surface area contributed by atoms with Crippen molar-refractivity contribution >= 4 is 11.8 Å². The molecule has 0 N–H and O–H groups in total. The van der Waals surface area contributed by atoms with Gasteiger partial charge in [-0.2, -0.15) is 0 Å². The summed E-state index contributed by atoms with van der Waals surface area (Å²) < 4.78 is 10.5. The monoisotopic (exact) mass is 320 g/mol. The molecule has 0 atom stereocenters. The molecular formula is C17H24N2O4. The summed E-state index contributed by atoms with van der Waals surface area (Å²) in [5.41, 5.74) is 0.591. The van der Waals surface area contributed by atoms with Gasteiger partial charge in [-0.05, 0) is 31.7 Å². The Bertz CT molecular complexity index is 523. The number of hydrogen-bond donors (Lipinski definition) is 0. The Morgan fingerprint density at radius 3 is 2.83 bits per heavy atom. The summed E-state index contributed by atoms with van der Waals surface area (Å²) in [4.78, 5) is 28.3. The molecule has 0 spiro atoms. The van der Waals surface area contributed by atoms with Crippen LogP contribution in [0.2, 0.25) is 0 Å². The number of carbonyl (C=O) groups excluding carboxylic acids is 2. The van der Waals surface area contributed by atoms with Crippen LogP contribution in [-0.2, 0) is 9.53 Å². The summed E-state index contributed by atoms with van der Waals surface area (Å²) in [5, 5.41) is 0. The van der Waals surface area contributed by atoms with Gasteiger partial charge in [0, 0.05) is 45.3 Å². The zero-order valence-corrected chi connectivity index (χ0v) is 13.4. The van der Waals surface area contributed by atoms with Crippen molar-refractivity contribution in [2.24, 2.45) is 0 Å². The fraction of sp³-hybridized carbons (Fsp3) is 0.647. The lowest BCUT2D eigenvalue weighted by Gasteiger charge is -2.34. The summed E-state index contributed by atoms with van der Waals surface area (Å²) >= 11 is 0. The molecule has 0 saturated carbocycles. The van der Waals surface area contributed by atoms with E-state index >= 15 is 0 Å². The molecule has 1 aromatic rings. The predicted octanol–water partition coefficient (Wildman–Crippen LogP) is 1.91. The van der Waals surface area contributed by atoms with Crippen molar-refractivity contribution in [1.82, 2.24) is 9.80 Å². The number of amides is 2. The number of carbonyl (C=O) groups is 2. The van der Waals surface area contributed by atoms with E-state index in [9.17, 15) is 9.59 Å². The van der Waals surface area contributed by atoms with Gasteiger partial charge in [-0.1, -0.05) is 0 Å². The zero-order valence-electron chi connectivity index (χ0n) is 13.4. The molecule has 2 aliphatic heterocycles. The minimum atomic E-state index is 0.0124. The zero-order chi connectivity index (χ0) is 16.1. The summed E-state index contributed by atoms with van der Waals surface area (Å²) in [6, 6.07) is 1.92. The lowest BCUT2D eigenvalue weighted by atomic mass is 10.1. The van der Waals surface area contributed by atoms with Gasteiger partial charge in [-0.15, -0.1) is 0 Å². The molecule has 3 rings (SSSR count). The van der Waals surface area contributed by atoms with Crippen LogP contribution in [0.3, 0.4) is 0 Å². The quantitative estimate of drug-likeness (QED) is 0.803. The number of hydrogen-bond acceptors (Lipinski definition) is 4. The van der Waals surface area contributed by atoms with Gasteiger partial charge in [0.05, 0.1) is 11.8 Å². The van der Waals surface area contributed by atoms with Crippen molar-refractivity contribution in [2.45, 2.75) is 38.1 Å². The summed E-state index contributed by atoms with van der Waals surface area (Å²) in [7, 11) is 0. The van der Waals surface area contributed by atoms with E-state index in [2.05, 4.69) is 0 Å². The Kier molecular flexibility index (Phi) is 5.33. The third kappa shape index (κ3) is 3.93. The SMILES string of the molecule is O=C1CCCN1CCCN(C(=O)c1ccoc1)C1CCOCC1. The first kappa shape index (κ1) is 16.1. The van der Waals surface area contributed by atoms with E-state index in [1.165, 1.54) is 12.5 Å². The highest BCUT2D eigenvalue weighted by Crippen LogP contribution is 2.19. The molecule has 6 nitrogen and oxygen atoms in total. The number of nitrogens with zero attached hydrogens (tertiary/aromatic N) is 2. The van der Waals surface area contributed by atoms with Gasteiger partial charge in [0.1, 0.15) is 6.26 Å². The highest BCUT2D eigenvalue weighted by molar-refractivity contribution is 5.94. The molecule has 2 saturated heterocycles. The van der Waals surface area contributed by atoms with Crippen LogP contribution in [0, 0.1) is 0 Å². The molecule has 2 amide bonds. The largest absolute Gasteiger partial charge is 0.472 e. The maximum absolute atomic E-state index is 12.7. The molecule has 126 valence electrons. The van der Waals surface area contributed by atoms with Crippen molar-refractivity contribution < 1.29 is 18.7 Å². The summed E-state index contributed by atoms with van der Waals surface area (Å²) in [5.74, 6) is 0.252. The van der Waals surface area contributed by atoms with E-state index in [4.69, 9.17) is 9.15 Å².